The number of hydrogen-bond acceptors (Lipinski definition) is 1. The molecular weight excluding hydrogens is 909 g/mol. The summed E-state index contributed by atoms with van der Waals surface area (Å²) in [7, 11) is 0. The molecule has 0 saturated heterocycles. The molecule has 5 heteroatoms. The Labute approximate surface area is 445 Å². The summed E-state index contributed by atoms with van der Waals surface area (Å²) in [5, 5.41) is 0. The van der Waals surface area contributed by atoms with Gasteiger partial charge in [-0.15, -0.1) is 0 Å². The van der Waals surface area contributed by atoms with Crippen LogP contribution in [-0.4, -0.2) is 0 Å². The van der Waals surface area contributed by atoms with E-state index in [1.54, 1.807) is 12.1 Å². The number of ether oxygens (including phenoxy) is 1. The average molecular weight is 1020 g/mol. The number of hydrogen-bond donors (Lipinski definition) is 0. The number of halogens is 4. The fraction of sp³-hybridized carbons (Fsp3) is 0.824. The maximum Gasteiger partial charge on any atom is 0.201 e. The van der Waals surface area contributed by atoms with Crippen LogP contribution >= 0.6 is 0 Å². The Morgan fingerprint density at radius 3 is 0.904 bits per heavy atom. The van der Waals surface area contributed by atoms with Crippen molar-refractivity contribution in [1.82, 2.24) is 0 Å². The molecule has 0 bridgehead atoms. The average Bonchev–Trinajstić information content (AvgIpc) is 3.42. The number of unbranched alkanes of at least 4 members (excludes halogenated alkanes) is 2. The lowest BCUT2D eigenvalue weighted by molar-refractivity contribution is 0.141. The van der Waals surface area contributed by atoms with E-state index in [2.05, 4.69) is 27.7 Å². The maximum atomic E-state index is 16.9. The molecule has 6 aliphatic carbocycles. The van der Waals surface area contributed by atoms with E-state index in [0.29, 0.717) is 60.5 Å². The quantitative estimate of drug-likeness (QED) is 0.0953. The molecular formula is C68H106F4O. The van der Waals surface area contributed by atoms with Gasteiger partial charge in [0.1, 0.15) is 0 Å². The molecule has 0 aliphatic heterocycles. The highest BCUT2D eigenvalue weighted by Gasteiger charge is 2.35. The molecule has 6 aliphatic rings. The van der Waals surface area contributed by atoms with Gasteiger partial charge in [-0.2, -0.15) is 8.78 Å². The smallest absolute Gasteiger partial charge is 0.201 e. The monoisotopic (exact) mass is 1010 g/mol. The van der Waals surface area contributed by atoms with E-state index in [1.807, 2.05) is 0 Å². The molecule has 0 radical (unpaired) electrons. The molecule has 0 atom stereocenters. The zero-order valence-corrected chi connectivity index (χ0v) is 47.3. The van der Waals surface area contributed by atoms with Crippen LogP contribution < -0.4 is 4.74 Å². The predicted octanol–water partition coefficient (Wildman–Crippen LogP) is 21.8. The summed E-state index contributed by atoms with van der Waals surface area (Å²) < 4.78 is 73.4. The van der Waals surface area contributed by atoms with Gasteiger partial charge in [-0.3, -0.25) is 0 Å². The predicted molar refractivity (Wildman–Crippen MR) is 298 cm³/mol. The van der Waals surface area contributed by atoms with Crippen molar-refractivity contribution >= 4 is 0 Å². The fourth-order valence-corrected chi connectivity index (χ4v) is 16.9. The first-order valence-corrected chi connectivity index (χ1v) is 32.3. The van der Waals surface area contributed by atoms with Gasteiger partial charge in [0.25, 0.3) is 0 Å². The molecule has 0 unspecified atom stereocenters. The van der Waals surface area contributed by atoms with Gasteiger partial charge in [0.2, 0.25) is 11.6 Å². The van der Waals surface area contributed by atoms with Crippen molar-refractivity contribution in [3.8, 4) is 11.5 Å². The Kier molecular flexibility index (Phi) is 22.8. The molecule has 412 valence electrons. The molecule has 6 saturated carbocycles. The van der Waals surface area contributed by atoms with Crippen molar-refractivity contribution in [2.75, 3.05) is 0 Å². The van der Waals surface area contributed by atoms with E-state index in [0.717, 1.165) is 97.0 Å². The highest BCUT2D eigenvalue weighted by Crippen LogP contribution is 2.47. The molecule has 2 aromatic rings. The van der Waals surface area contributed by atoms with Crippen molar-refractivity contribution in [2.24, 2.45) is 71.0 Å². The van der Waals surface area contributed by atoms with Crippen LogP contribution in [0.4, 0.5) is 17.6 Å². The minimum atomic E-state index is -1.05. The van der Waals surface area contributed by atoms with Gasteiger partial charge in [0, 0.05) is 0 Å². The summed E-state index contributed by atoms with van der Waals surface area (Å²) in [5.41, 5.74) is 2.64. The van der Waals surface area contributed by atoms with Gasteiger partial charge in [-0.1, -0.05) is 169 Å². The van der Waals surface area contributed by atoms with Gasteiger partial charge in [0.15, 0.2) is 23.1 Å². The summed E-state index contributed by atoms with van der Waals surface area (Å²) >= 11 is 0. The third kappa shape index (κ3) is 16.0. The zero-order chi connectivity index (χ0) is 51.1. The molecule has 6 fully saturated rings. The van der Waals surface area contributed by atoms with Gasteiger partial charge in [-0.05, 0) is 221 Å². The van der Waals surface area contributed by atoms with Crippen molar-refractivity contribution in [3.05, 3.63) is 57.7 Å². The van der Waals surface area contributed by atoms with E-state index in [9.17, 15) is 0 Å². The van der Waals surface area contributed by atoms with Crippen LogP contribution in [0.1, 0.15) is 281 Å². The van der Waals surface area contributed by atoms with Crippen LogP contribution in [0.3, 0.4) is 0 Å². The lowest BCUT2D eigenvalue weighted by Gasteiger charge is -2.38. The molecule has 2 aromatic carbocycles. The number of rotatable bonds is 24. The molecule has 1 nitrogen and oxygen atoms in total. The highest BCUT2D eigenvalue weighted by molar-refractivity contribution is 5.45. The minimum Gasteiger partial charge on any atom is -0.451 e. The van der Waals surface area contributed by atoms with E-state index < -0.39 is 23.3 Å². The Morgan fingerprint density at radius 2 is 0.603 bits per heavy atom. The van der Waals surface area contributed by atoms with E-state index >= 15 is 17.6 Å². The number of benzene rings is 2. The third-order valence-corrected chi connectivity index (χ3v) is 21.7. The van der Waals surface area contributed by atoms with Crippen molar-refractivity contribution < 1.29 is 22.3 Å². The highest BCUT2D eigenvalue weighted by atomic mass is 19.2. The van der Waals surface area contributed by atoms with E-state index in [1.165, 1.54) is 193 Å². The Morgan fingerprint density at radius 1 is 0.329 bits per heavy atom. The summed E-state index contributed by atoms with van der Waals surface area (Å²) in [6, 6.07) is 3.41. The Hall–Kier alpha value is -2.04. The first-order valence-electron chi connectivity index (χ1n) is 32.3. The Bertz CT molecular complexity index is 1770. The second kappa shape index (κ2) is 29.1. The van der Waals surface area contributed by atoms with Crippen molar-refractivity contribution in [2.45, 2.75) is 285 Å². The summed E-state index contributed by atoms with van der Waals surface area (Å²) in [6.07, 6.45) is 47.3. The SMILES string of the molecule is CCCCC1CCC(Cc2cc(Oc3cc(CC4CCC(CCCC)CC4)c(CCC4CCC(C5CCC(CCC)CC5)CC4)c(F)c3F)c(F)c(F)c2CCC2CCC(C3CCC(CCC)CC3)CC2)CC1. The van der Waals surface area contributed by atoms with Crippen LogP contribution in [0.15, 0.2) is 12.1 Å². The van der Waals surface area contributed by atoms with E-state index in [-0.39, 0.29) is 11.5 Å². The van der Waals surface area contributed by atoms with Crippen LogP contribution in [0.5, 0.6) is 11.5 Å². The lowest BCUT2D eigenvalue weighted by Crippen LogP contribution is -2.26. The van der Waals surface area contributed by atoms with Gasteiger partial charge in [-0.25, -0.2) is 8.78 Å². The largest absolute Gasteiger partial charge is 0.451 e. The zero-order valence-electron chi connectivity index (χ0n) is 47.3. The van der Waals surface area contributed by atoms with Crippen molar-refractivity contribution in [1.29, 1.82) is 0 Å². The first-order chi connectivity index (χ1) is 35.6. The topological polar surface area (TPSA) is 9.23 Å². The summed E-state index contributed by atoms with van der Waals surface area (Å²) in [5.74, 6) is 4.29. The lowest BCUT2D eigenvalue weighted by atomic mass is 9.68. The van der Waals surface area contributed by atoms with Crippen LogP contribution in [0, 0.1) is 94.3 Å². The molecule has 8 rings (SSSR count). The third-order valence-electron chi connectivity index (χ3n) is 21.7. The molecule has 0 amide bonds. The normalized spacial score (nSPS) is 31.4. The summed E-state index contributed by atoms with van der Waals surface area (Å²) in [6.45, 7) is 9.17. The van der Waals surface area contributed by atoms with Gasteiger partial charge < -0.3 is 4.74 Å². The second-order valence-electron chi connectivity index (χ2n) is 26.6. The second-order valence-corrected chi connectivity index (χ2v) is 26.6. The molecule has 0 N–H and O–H groups in total. The standard InChI is InChI=1S/C68H106F4O/c1-5-9-13-49-15-19-53(20-16-49)43-59-45-63(67(71)65(69)61(59)41-31-51-27-37-57(38-28-51)55-33-23-47(11-7-3)24-34-55)73-64-46-60(44-54-21-17-50(18-22-54)14-10-6-2)62(66(70)68(64)72)42-32-52-29-39-58(40-30-52)56-35-25-48(12-8-4)26-36-56/h45-58H,5-44H2,1-4H3. The first kappa shape index (κ1) is 57.1. The fourth-order valence-electron chi connectivity index (χ4n) is 16.9. The molecule has 0 heterocycles. The van der Waals surface area contributed by atoms with Crippen LogP contribution in [-0.2, 0) is 25.7 Å². The summed E-state index contributed by atoms with van der Waals surface area (Å²) in [4.78, 5) is 0. The molecule has 73 heavy (non-hydrogen) atoms. The van der Waals surface area contributed by atoms with Gasteiger partial charge in [0.05, 0.1) is 0 Å². The Balaban J connectivity index is 0.975. The van der Waals surface area contributed by atoms with Crippen LogP contribution in [0.2, 0.25) is 0 Å². The van der Waals surface area contributed by atoms with E-state index in [4.69, 9.17) is 4.74 Å². The van der Waals surface area contributed by atoms with Crippen LogP contribution in [0.25, 0.3) is 0 Å². The van der Waals surface area contributed by atoms with Gasteiger partial charge >= 0.3 is 0 Å². The minimum absolute atomic E-state index is 0.286. The van der Waals surface area contributed by atoms with Crippen molar-refractivity contribution in [3.63, 3.8) is 0 Å². The molecule has 0 spiro atoms. The maximum absolute atomic E-state index is 16.9. The molecule has 0 aromatic heterocycles.